The summed E-state index contributed by atoms with van der Waals surface area (Å²) in [4.78, 5) is 21.6. The van der Waals surface area contributed by atoms with Crippen LogP contribution < -0.4 is 16.0 Å². The average Bonchev–Trinajstić information content (AvgIpc) is 2.99. The van der Waals surface area contributed by atoms with Gasteiger partial charge in [-0.2, -0.15) is 5.26 Å². The molecular weight excluding hydrogens is 324 g/mol. The molecule has 0 fully saturated rings. The van der Waals surface area contributed by atoms with Crippen molar-refractivity contribution < 1.29 is 4.79 Å². The first-order valence-electron chi connectivity index (χ1n) is 7.50. The number of hydrogen-bond donors (Lipinski definition) is 3. The summed E-state index contributed by atoms with van der Waals surface area (Å²) in [5.41, 5.74) is -0.0620. The number of rotatable bonds is 6. The molecule has 3 N–H and O–H groups in total. The number of urea groups is 1. The lowest BCUT2D eigenvalue weighted by atomic mass is 10.1. The Morgan fingerprint density at radius 1 is 1.38 bits per heavy atom. The molecule has 0 aliphatic heterocycles. The molecule has 0 radical (unpaired) electrons. The van der Waals surface area contributed by atoms with Gasteiger partial charge in [-0.25, -0.2) is 14.8 Å². The smallest absolute Gasteiger partial charge is 0.315 e. The first-order valence-corrected chi connectivity index (χ1v) is 8.32. The molecule has 0 bridgehead atoms. The summed E-state index contributed by atoms with van der Waals surface area (Å²) in [7, 11) is 0. The van der Waals surface area contributed by atoms with E-state index in [1.165, 1.54) is 0 Å². The SMILES string of the molecule is Cc1cnc(C(C)(C)NC(=O)NCCNc2ncccc2C#N)s1. The minimum absolute atomic E-state index is 0.267. The van der Waals surface area contributed by atoms with Crippen molar-refractivity contribution in [3.05, 3.63) is 40.0 Å². The Labute approximate surface area is 145 Å². The van der Waals surface area contributed by atoms with Crippen LogP contribution in [0.1, 0.15) is 29.3 Å². The van der Waals surface area contributed by atoms with Crippen LogP contribution in [0.5, 0.6) is 0 Å². The molecule has 2 heterocycles. The highest BCUT2D eigenvalue weighted by Crippen LogP contribution is 2.24. The van der Waals surface area contributed by atoms with Gasteiger partial charge in [0.25, 0.3) is 0 Å². The second-order valence-corrected chi connectivity index (χ2v) is 6.95. The summed E-state index contributed by atoms with van der Waals surface area (Å²) in [6, 6.07) is 5.19. The number of aryl methyl sites for hydroxylation is 1. The second-order valence-electron chi connectivity index (χ2n) is 5.72. The van der Waals surface area contributed by atoms with E-state index in [2.05, 4.69) is 32.0 Å². The third-order valence-electron chi connectivity index (χ3n) is 3.21. The van der Waals surface area contributed by atoms with E-state index >= 15 is 0 Å². The maximum absolute atomic E-state index is 12.0. The van der Waals surface area contributed by atoms with Gasteiger partial charge in [-0.15, -0.1) is 11.3 Å². The number of thiazole rings is 1. The summed E-state index contributed by atoms with van der Waals surface area (Å²) >= 11 is 1.56. The van der Waals surface area contributed by atoms with Crippen molar-refractivity contribution in [2.24, 2.45) is 0 Å². The molecule has 0 aliphatic carbocycles. The van der Waals surface area contributed by atoms with E-state index in [1.54, 1.807) is 35.9 Å². The van der Waals surface area contributed by atoms with Crippen molar-refractivity contribution in [2.75, 3.05) is 18.4 Å². The van der Waals surface area contributed by atoms with E-state index in [9.17, 15) is 4.79 Å². The quantitative estimate of drug-likeness (QED) is 0.698. The molecular formula is C16H20N6OS. The Bertz CT molecular complexity index is 749. The minimum atomic E-state index is -0.536. The van der Waals surface area contributed by atoms with Crippen molar-refractivity contribution in [1.82, 2.24) is 20.6 Å². The molecule has 126 valence electrons. The zero-order valence-corrected chi connectivity index (χ0v) is 14.7. The Hall–Kier alpha value is -2.66. The van der Waals surface area contributed by atoms with Gasteiger partial charge in [-0.3, -0.25) is 0 Å². The number of nitrogens with zero attached hydrogens (tertiary/aromatic N) is 3. The first-order chi connectivity index (χ1) is 11.4. The highest BCUT2D eigenvalue weighted by atomic mass is 32.1. The molecule has 2 rings (SSSR count). The number of nitrogens with one attached hydrogen (secondary N) is 3. The average molecular weight is 344 g/mol. The minimum Gasteiger partial charge on any atom is -0.367 e. The Balaban J connectivity index is 1.78. The van der Waals surface area contributed by atoms with Crippen LogP contribution >= 0.6 is 11.3 Å². The molecule has 0 saturated carbocycles. The molecule has 0 unspecified atom stereocenters. The van der Waals surface area contributed by atoms with Crippen LogP contribution in [0.2, 0.25) is 0 Å². The number of pyridine rings is 1. The number of hydrogen-bond acceptors (Lipinski definition) is 6. The first kappa shape index (κ1) is 17.7. The molecule has 0 aliphatic rings. The van der Waals surface area contributed by atoms with Gasteiger partial charge >= 0.3 is 6.03 Å². The summed E-state index contributed by atoms with van der Waals surface area (Å²) in [6.45, 7) is 6.68. The summed E-state index contributed by atoms with van der Waals surface area (Å²) < 4.78 is 0. The van der Waals surface area contributed by atoms with Crippen molar-refractivity contribution >= 4 is 23.2 Å². The van der Waals surface area contributed by atoms with Gasteiger partial charge in [0.15, 0.2) is 0 Å². The van der Waals surface area contributed by atoms with E-state index in [0.717, 1.165) is 9.88 Å². The molecule has 7 nitrogen and oxygen atoms in total. The summed E-state index contributed by atoms with van der Waals surface area (Å²) in [6.07, 6.45) is 3.41. The van der Waals surface area contributed by atoms with Gasteiger partial charge in [-0.05, 0) is 32.9 Å². The molecule has 0 saturated heterocycles. The zero-order valence-electron chi connectivity index (χ0n) is 13.9. The van der Waals surface area contributed by atoms with Crippen LogP contribution in [0, 0.1) is 18.3 Å². The van der Waals surface area contributed by atoms with Crippen LogP contribution in [-0.4, -0.2) is 29.1 Å². The fourth-order valence-electron chi connectivity index (χ4n) is 2.02. The molecule has 2 aromatic heterocycles. The number of anilines is 1. The van der Waals surface area contributed by atoms with Gasteiger partial charge in [-0.1, -0.05) is 0 Å². The van der Waals surface area contributed by atoms with Crippen LogP contribution in [0.15, 0.2) is 24.5 Å². The maximum atomic E-state index is 12.0. The standard InChI is InChI=1S/C16H20N6OS/c1-11-10-21-14(24-11)16(2,3)22-15(23)20-8-7-19-13-12(9-17)5-4-6-18-13/h4-6,10H,7-8H2,1-3H3,(H,18,19)(H2,20,22,23). The van der Waals surface area contributed by atoms with Gasteiger partial charge < -0.3 is 16.0 Å². The molecule has 0 spiro atoms. The van der Waals surface area contributed by atoms with Crippen LogP contribution in [0.4, 0.5) is 10.6 Å². The van der Waals surface area contributed by atoms with Gasteiger partial charge in [0.1, 0.15) is 16.9 Å². The predicted octanol–water partition coefficient (Wildman–Crippen LogP) is 2.36. The van der Waals surface area contributed by atoms with Crippen LogP contribution in [-0.2, 0) is 5.54 Å². The van der Waals surface area contributed by atoms with Gasteiger partial charge in [0, 0.05) is 30.4 Å². The third kappa shape index (κ3) is 4.67. The van der Waals surface area contributed by atoms with E-state index in [-0.39, 0.29) is 6.03 Å². The molecule has 0 atom stereocenters. The Morgan fingerprint density at radius 2 is 2.17 bits per heavy atom. The van der Waals surface area contributed by atoms with E-state index < -0.39 is 5.54 Å². The predicted molar refractivity (Wildman–Crippen MR) is 93.9 cm³/mol. The number of nitriles is 1. The highest BCUT2D eigenvalue weighted by Gasteiger charge is 2.25. The molecule has 2 aromatic rings. The number of carbonyl (C=O) groups is 1. The zero-order chi connectivity index (χ0) is 17.6. The lowest BCUT2D eigenvalue weighted by molar-refractivity contribution is 0.230. The van der Waals surface area contributed by atoms with Crippen LogP contribution in [0.3, 0.4) is 0 Å². The largest absolute Gasteiger partial charge is 0.367 e. The fraction of sp³-hybridized carbons (Fsp3) is 0.375. The highest BCUT2D eigenvalue weighted by molar-refractivity contribution is 7.11. The maximum Gasteiger partial charge on any atom is 0.315 e. The number of carbonyl (C=O) groups excluding carboxylic acids is 1. The Morgan fingerprint density at radius 3 is 2.83 bits per heavy atom. The summed E-state index contributed by atoms with van der Waals surface area (Å²) in [5, 5.41) is 18.6. The lowest BCUT2D eigenvalue weighted by Crippen LogP contribution is -2.47. The van der Waals surface area contributed by atoms with Crippen molar-refractivity contribution in [3.63, 3.8) is 0 Å². The second kappa shape index (κ2) is 7.75. The topological polar surface area (TPSA) is 103 Å². The lowest BCUT2D eigenvalue weighted by Gasteiger charge is -2.24. The van der Waals surface area contributed by atoms with Gasteiger partial charge in [0.05, 0.1) is 11.1 Å². The normalized spacial score (nSPS) is 10.8. The van der Waals surface area contributed by atoms with Crippen molar-refractivity contribution in [2.45, 2.75) is 26.3 Å². The Kier molecular flexibility index (Phi) is 5.71. The molecule has 24 heavy (non-hydrogen) atoms. The molecule has 2 amide bonds. The van der Waals surface area contributed by atoms with E-state index in [4.69, 9.17) is 5.26 Å². The molecule has 8 heteroatoms. The van der Waals surface area contributed by atoms with E-state index in [0.29, 0.717) is 24.5 Å². The summed E-state index contributed by atoms with van der Waals surface area (Å²) in [5.74, 6) is 0.515. The third-order valence-corrected chi connectivity index (χ3v) is 4.45. The monoisotopic (exact) mass is 344 g/mol. The van der Waals surface area contributed by atoms with Crippen LogP contribution in [0.25, 0.3) is 0 Å². The van der Waals surface area contributed by atoms with Crippen molar-refractivity contribution in [1.29, 1.82) is 5.26 Å². The van der Waals surface area contributed by atoms with E-state index in [1.807, 2.05) is 20.8 Å². The van der Waals surface area contributed by atoms with Crippen molar-refractivity contribution in [3.8, 4) is 6.07 Å². The number of aromatic nitrogens is 2. The number of amides is 2. The molecule has 0 aromatic carbocycles. The fourth-order valence-corrected chi connectivity index (χ4v) is 2.84. The van der Waals surface area contributed by atoms with Gasteiger partial charge in [0.2, 0.25) is 0 Å².